The third-order valence-electron chi connectivity index (χ3n) is 13.2. The zero-order valence-electron chi connectivity index (χ0n) is 31.7. The molecule has 13 rings (SSSR count). The van der Waals surface area contributed by atoms with E-state index in [0.717, 1.165) is 0 Å². The lowest BCUT2D eigenvalue weighted by Gasteiger charge is -2.24. The highest BCUT2D eigenvalue weighted by Gasteiger charge is 2.41. The molecule has 0 atom stereocenters. The van der Waals surface area contributed by atoms with Gasteiger partial charge in [-0.2, -0.15) is 0 Å². The Morgan fingerprint density at radius 3 is 1.65 bits per heavy atom. The first-order chi connectivity index (χ1) is 28.1. The molecule has 0 saturated carbocycles. The lowest BCUT2D eigenvalue weighted by molar-refractivity contribution is 0.664. The highest BCUT2D eigenvalue weighted by molar-refractivity contribution is 6.33. The fourth-order valence-corrected chi connectivity index (χ4v) is 10.9. The molecule has 0 radical (unpaired) electrons. The van der Waals surface area contributed by atoms with Gasteiger partial charge in [-0.05, 0) is 97.2 Å². The summed E-state index contributed by atoms with van der Waals surface area (Å²) in [6.07, 6.45) is 0. The van der Waals surface area contributed by atoms with Gasteiger partial charge in [0.05, 0.1) is 22.1 Å². The summed E-state index contributed by atoms with van der Waals surface area (Å²) < 4.78 is 5.12. The minimum absolute atomic E-state index is 0.257. The van der Waals surface area contributed by atoms with Crippen LogP contribution in [0.5, 0.6) is 0 Å². The molecule has 9 aromatic carbocycles. The summed E-state index contributed by atoms with van der Waals surface area (Å²) in [6, 6.07) is 67.8. The number of nitrogens with zero attached hydrogens (tertiary/aromatic N) is 2. The van der Waals surface area contributed by atoms with Crippen LogP contribution in [0.4, 0.5) is 0 Å². The highest BCUT2D eigenvalue weighted by Crippen LogP contribution is 2.58. The molecule has 57 heavy (non-hydrogen) atoms. The van der Waals surface area contributed by atoms with Gasteiger partial charge in [0.25, 0.3) is 0 Å². The topological polar surface area (TPSA) is 9.86 Å². The third kappa shape index (κ3) is 3.90. The smallest absolute Gasteiger partial charge is 0.0630 e. The first kappa shape index (κ1) is 31.1. The van der Waals surface area contributed by atoms with Gasteiger partial charge in [0.1, 0.15) is 0 Å². The first-order valence-corrected chi connectivity index (χ1v) is 20.0. The van der Waals surface area contributed by atoms with Crippen LogP contribution in [-0.2, 0) is 5.41 Å². The van der Waals surface area contributed by atoms with E-state index in [1.165, 1.54) is 121 Å². The van der Waals surface area contributed by atoms with Crippen molar-refractivity contribution in [1.29, 1.82) is 0 Å². The summed E-state index contributed by atoms with van der Waals surface area (Å²) >= 11 is 0. The number of fused-ring (bicyclic) bond motifs is 15. The van der Waals surface area contributed by atoms with Crippen molar-refractivity contribution in [2.24, 2.45) is 0 Å². The second-order valence-corrected chi connectivity index (χ2v) is 16.4. The average Bonchev–Trinajstić information content (AvgIpc) is 3.96. The molecular formula is C55H36N2. The molecule has 2 aliphatic carbocycles. The van der Waals surface area contributed by atoms with Gasteiger partial charge >= 0.3 is 0 Å². The van der Waals surface area contributed by atoms with Crippen molar-refractivity contribution in [3.63, 3.8) is 0 Å². The second-order valence-electron chi connectivity index (χ2n) is 16.4. The zero-order chi connectivity index (χ0) is 37.6. The molecule has 0 fully saturated rings. The molecule has 0 N–H and O–H groups in total. The zero-order valence-corrected chi connectivity index (χ0v) is 31.7. The number of benzene rings is 9. The van der Waals surface area contributed by atoms with Gasteiger partial charge in [-0.15, -0.1) is 0 Å². The van der Waals surface area contributed by atoms with Crippen LogP contribution >= 0.6 is 0 Å². The van der Waals surface area contributed by atoms with Crippen molar-refractivity contribution in [1.82, 2.24) is 9.13 Å². The maximum Gasteiger partial charge on any atom is 0.0630 e. The van der Waals surface area contributed by atoms with Crippen molar-refractivity contribution >= 4 is 54.4 Å². The van der Waals surface area contributed by atoms with Crippen LogP contribution in [0.15, 0.2) is 182 Å². The summed E-state index contributed by atoms with van der Waals surface area (Å²) in [7, 11) is 0. The van der Waals surface area contributed by atoms with Gasteiger partial charge < -0.3 is 9.13 Å². The van der Waals surface area contributed by atoms with E-state index in [-0.39, 0.29) is 5.41 Å². The van der Waals surface area contributed by atoms with Crippen LogP contribution in [0, 0.1) is 0 Å². The van der Waals surface area contributed by atoms with Crippen molar-refractivity contribution in [2.45, 2.75) is 19.3 Å². The number of hydrogen-bond donors (Lipinski definition) is 0. The van der Waals surface area contributed by atoms with E-state index < -0.39 is 0 Å². The SMILES string of the molecule is CC1(C)c2ccccc2-c2c1c1c(c3ccccc3n1-c1cccc(-c3ccc4c5c(cccc35)-c3ccccc3-4)c1)c1c3ccccc3n(-c3ccccc3)c21. The molecule has 0 bridgehead atoms. The predicted octanol–water partition coefficient (Wildman–Crippen LogP) is 14.7. The molecule has 0 spiro atoms. The molecular weight excluding hydrogens is 689 g/mol. The quantitative estimate of drug-likeness (QED) is 0.172. The molecule has 2 aromatic heterocycles. The number of aromatic nitrogens is 2. The number of para-hydroxylation sites is 3. The Labute approximate surface area is 330 Å². The summed E-state index contributed by atoms with van der Waals surface area (Å²) in [5.41, 5.74) is 20.3. The average molecular weight is 725 g/mol. The fraction of sp³-hybridized carbons (Fsp3) is 0.0545. The molecule has 0 amide bonds. The Kier molecular flexibility index (Phi) is 6.00. The van der Waals surface area contributed by atoms with Crippen molar-refractivity contribution < 1.29 is 0 Å². The van der Waals surface area contributed by atoms with Crippen LogP contribution in [-0.4, -0.2) is 9.13 Å². The molecule has 11 aromatic rings. The van der Waals surface area contributed by atoms with Crippen LogP contribution < -0.4 is 0 Å². The Balaban J connectivity index is 1.18. The Morgan fingerprint density at radius 2 is 0.895 bits per heavy atom. The monoisotopic (exact) mass is 724 g/mol. The minimum atomic E-state index is -0.257. The summed E-state index contributed by atoms with van der Waals surface area (Å²) in [6.45, 7) is 4.86. The molecule has 2 aliphatic rings. The van der Waals surface area contributed by atoms with Crippen molar-refractivity contribution in [3.05, 3.63) is 193 Å². The van der Waals surface area contributed by atoms with Gasteiger partial charge in [0, 0.05) is 43.9 Å². The summed E-state index contributed by atoms with van der Waals surface area (Å²) in [5, 5.41) is 7.84. The molecule has 0 saturated heterocycles. The van der Waals surface area contributed by atoms with Crippen LogP contribution in [0.2, 0.25) is 0 Å². The highest BCUT2D eigenvalue weighted by atomic mass is 15.0. The fourth-order valence-electron chi connectivity index (χ4n) is 10.9. The Morgan fingerprint density at radius 1 is 0.368 bits per heavy atom. The maximum absolute atomic E-state index is 2.59. The van der Waals surface area contributed by atoms with Gasteiger partial charge in [0.2, 0.25) is 0 Å². The summed E-state index contributed by atoms with van der Waals surface area (Å²) in [4.78, 5) is 0. The van der Waals surface area contributed by atoms with E-state index in [0.29, 0.717) is 0 Å². The van der Waals surface area contributed by atoms with Gasteiger partial charge in [0.15, 0.2) is 0 Å². The van der Waals surface area contributed by atoms with Crippen LogP contribution in [0.25, 0.3) is 110 Å². The minimum Gasteiger partial charge on any atom is -0.309 e. The standard InChI is InChI=1S/C55H36N2/c1-55(2)45-27-11-8-22-42(45)51-52(55)54-50(49-43-23-9-12-28-46(43)56(53(49)51)34-17-4-3-5-18-34)44-24-10-13-29-47(44)57(54)35-19-14-16-33(32-35)36-30-31-41-38-21-7-6-20-37(38)40-26-15-25-39(36)48(40)41/h3-32H,1-2H3. The van der Waals surface area contributed by atoms with Crippen molar-refractivity contribution in [2.75, 3.05) is 0 Å². The number of rotatable bonds is 3. The van der Waals surface area contributed by atoms with E-state index in [1.807, 2.05) is 0 Å². The Bertz CT molecular complexity index is 3510. The van der Waals surface area contributed by atoms with Gasteiger partial charge in [-0.3, -0.25) is 0 Å². The largest absolute Gasteiger partial charge is 0.309 e. The van der Waals surface area contributed by atoms with Gasteiger partial charge in [-0.25, -0.2) is 0 Å². The molecule has 2 nitrogen and oxygen atoms in total. The lowest BCUT2D eigenvalue weighted by atomic mass is 9.81. The molecule has 2 heteroatoms. The van der Waals surface area contributed by atoms with E-state index in [4.69, 9.17) is 0 Å². The first-order valence-electron chi connectivity index (χ1n) is 20.0. The van der Waals surface area contributed by atoms with Crippen LogP contribution in [0.1, 0.15) is 25.0 Å². The van der Waals surface area contributed by atoms with E-state index >= 15 is 0 Å². The maximum atomic E-state index is 2.59. The molecule has 0 aliphatic heterocycles. The van der Waals surface area contributed by atoms with Crippen molar-refractivity contribution in [3.8, 4) is 55.9 Å². The van der Waals surface area contributed by atoms with Crippen LogP contribution in [0.3, 0.4) is 0 Å². The predicted molar refractivity (Wildman–Crippen MR) is 240 cm³/mol. The van der Waals surface area contributed by atoms with Gasteiger partial charge in [-0.1, -0.05) is 159 Å². The lowest BCUT2D eigenvalue weighted by Crippen LogP contribution is -2.16. The Hall–Kier alpha value is -7.16. The normalized spacial score (nSPS) is 13.6. The van der Waals surface area contributed by atoms with E-state index in [1.54, 1.807) is 0 Å². The second kappa shape index (κ2) is 11.0. The summed E-state index contributed by atoms with van der Waals surface area (Å²) in [5.74, 6) is 0. The number of hydrogen-bond acceptors (Lipinski definition) is 0. The molecule has 0 unspecified atom stereocenters. The third-order valence-corrected chi connectivity index (χ3v) is 13.2. The molecule has 2 heterocycles. The van der Waals surface area contributed by atoms with E-state index in [2.05, 4.69) is 205 Å². The van der Waals surface area contributed by atoms with E-state index in [9.17, 15) is 0 Å². The molecule has 266 valence electrons.